The third-order valence-electron chi connectivity index (χ3n) is 3.67. The molecule has 5 heteroatoms. The van der Waals surface area contributed by atoms with E-state index in [1.54, 1.807) is 7.11 Å². The van der Waals surface area contributed by atoms with Crippen molar-refractivity contribution in [3.8, 4) is 0 Å². The maximum absolute atomic E-state index is 12.5. The highest BCUT2D eigenvalue weighted by Gasteiger charge is 2.41. The second kappa shape index (κ2) is 7.34. The summed E-state index contributed by atoms with van der Waals surface area (Å²) in [6, 6.07) is 0.489. The van der Waals surface area contributed by atoms with Crippen molar-refractivity contribution in [2.24, 2.45) is 5.92 Å². The monoisotopic (exact) mass is 267 g/mol. The molecule has 0 spiro atoms. The number of halogens is 3. The van der Waals surface area contributed by atoms with Gasteiger partial charge in [-0.25, -0.2) is 0 Å². The van der Waals surface area contributed by atoms with E-state index in [9.17, 15) is 13.2 Å². The number of hydrogen-bond donors (Lipinski definition) is 1. The highest BCUT2D eigenvalue weighted by atomic mass is 19.4. The highest BCUT2D eigenvalue weighted by molar-refractivity contribution is 4.83. The SMILES string of the molecule is CCCC(COC)NC1CCC(C(F)(F)F)CC1. The summed E-state index contributed by atoms with van der Waals surface area (Å²) in [5.41, 5.74) is 0. The predicted molar refractivity (Wildman–Crippen MR) is 65.5 cm³/mol. The normalized spacial score (nSPS) is 27.2. The molecule has 0 aliphatic heterocycles. The summed E-state index contributed by atoms with van der Waals surface area (Å²) in [5.74, 6) is -1.09. The zero-order chi connectivity index (χ0) is 13.6. The lowest BCUT2D eigenvalue weighted by molar-refractivity contribution is -0.182. The van der Waals surface area contributed by atoms with E-state index < -0.39 is 12.1 Å². The van der Waals surface area contributed by atoms with E-state index in [0.717, 1.165) is 12.8 Å². The molecule has 0 aromatic carbocycles. The molecule has 1 fully saturated rings. The lowest BCUT2D eigenvalue weighted by Crippen LogP contribution is -2.44. The van der Waals surface area contributed by atoms with Crippen LogP contribution < -0.4 is 5.32 Å². The molecule has 108 valence electrons. The molecule has 1 aliphatic rings. The van der Waals surface area contributed by atoms with Crippen molar-refractivity contribution in [3.05, 3.63) is 0 Å². The molecule has 0 bridgehead atoms. The molecule has 0 aromatic heterocycles. The third kappa shape index (κ3) is 5.14. The Balaban J connectivity index is 2.33. The van der Waals surface area contributed by atoms with Gasteiger partial charge in [0, 0.05) is 19.2 Å². The number of ether oxygens (including phenoxy) is 1. The smallest absolute Gasteiger partial charge is 0.383 e. The molecule has 0 radical (unpaired) electrons. The van der Waals surface area contributed by atoms with Crippen molar-refractivity contribution < 1.29 is 17.9 Å². The van der Waals surface area contributed by atoms with Crippen LogP contribution in [-0.2, 0) is 4.74 Å². The Morgan fingerprint density at radius 3 is 2.28 bits per heavy atom. The van der Waals surface area contributed by atoms with Crippen LogP contribution in [-0.4, -0.2) is 32.0 Å². The van der Waals surface area contributed by atoms with Crippen LogP contribution in [0, 0.1) is 5.92 Å². The Morgan fingerprint density at radius 1 is 1.22 bits per heavy atom. The molecular weight excluding hydrogens is 243 g/mol. The van der Waals surface area contributed by atoms with Crippen LogP contribution in [0.3, 0.4) is 0 Å². The van der Waals surface area contributed by atoms with Crippen LogP contribution in [0.2, 0.25) is 0 Å². The van der Waals surface area contributed by atoms with E-state index in [0.29, 0.717) is 19.4 Å². The average molecular weight is 267 g/mol. The average Bonchev–Trinajstić information content (AvgIpc) is 2.29. The second-order valence-corrected chi connectivity index (χ2v) is 5.20. The van der Waals surface area contributed by atoms with Gasteiger partial charge in [-0.3, -0.25) is 0 Å². The van der Waals surface area contributed by atoms with E-state index in [1.807, 2.05) is 0 Å². The molecule has 1 unspecified atom stereocenters. The van der Waals surface area contributed by atoms with E-state index >= 15 is 0 Å². The number of methoxy groups -OCH3 is 1. The molecule has 1 aliphatic carbocycles. The molecule has 1 N–H and O–H groups in total. The Hall–Kier alpha value is -0.290. The van der Waals surface area contributed by atoms with Crippen molar-refractivity contribution in [3.63, 3.8) is 0 Å². The zero-order valence-corrected chi connectivity index (χ0v) is 11.2. The fourth-order valence-corrected chi connectivity index (χ4v) is 2.69. The summed E-state index contributed by atoms with van der Waals surface area (Å²) in [6.07, 6.45) is -0.200. The molecular formula is C13H24F3NO. The van der Waals surface area contributed by atoms with Gasteiger partial charge in [0.15, 0.2) is 0 Å². The molecule has 1 rings (SSSR count). The number of hydrogen-bond acceptors (Lipinski definition) is 2. The lowest BCUT2D eigenvalue weighted by atomic mass is 9.85. The van der Waals surface area contributed by atoms with Gasteiger partial charge < -0.3 is 10.1 Å². The quantitative estimate of drug-likeness (QED) is 0.795. The zero-order valence-electron chi connectivity index (χ0n) is 11.2. The van der Waals surface area contributed by atoms with Crippen LogP contribution in [0.15, 0.2) is 0 Å². The van der Waals surface area contributed by atoms with Crippen molar-refractivity contribution >= 4 is 0 Å². The standard InChI is InChI=1S/C13H24F3NO/c1-3-4-12(9-18-2)17-11-7-5-10(6-8-11)13(14,15)16/h10-12,17H,3-9H2,1-2H3. The van der Waals surface area contributed by atoms with Crippen molar-refractivity contribution in [2.45, 2.75) is 63.7 Å². The Kier molecular flexibility index (Phi) is 6.43. The van der Waals surface area contributed by atoms with Gasteiger partial charge in [-0.2, -0.15) is 13.2 Å². The van der Waals surface area contributed by atoms with Crippen LogP contribution in [0.5, 0.6) is 0 Å². The van der Waals surface area contributed by atoms with E-state index in [1.165, 1.54) is 0 Å². The molecule has 0 heterocycles. The molecule has 18 heavy (non-hydrogen) atoms. The summed E-state index contributed by atoms with van der Waals surface area (Å²) in [4.78, 5) is 0. The van der Waals surface area contributed by atoms with E-state index in [2.05, 4.69) is 12.2 Å². The summed E-state index contributed by atoms with van der Waals surface area (Å²) in [6.45, 7) is 2.73. The topological polar surface area (TPSA) is 21.3 Å². The predicted octanol–water partition coefficient (Wildman–Crippen LogP) is 3.51. The van der Waals surface area contributed by atoms with Crippen LogP contribution in [0.4, 0.5) is 13.2 Å². The number of nitrogens with one attached hydrogen (secondary N) is 1. The van der Waals surface area contributed by atoms with Crippen LogP contribution in [0.1, 0.15) is 45.4 Å². The molecule has 1 saturated carbocycles. The lowest BCUT2D eigenvalue weighted by Gasteiger charge is -2.32. The van der Waals surface area contributed by atoms with Gasteiger partial charge in [-0.05, 0) is 32.1 Å². The first-order chi connectivity index (χ1) is 8.47. The third-order valence-corrected chi connectivity index (χ3v) is 3.67. The first-order valence-corrected chi connectivity index (χ1v) is 6.79. The van der Waals surface area contributed by atoms with Crippen LogP contribution in [0.25, 0.3) is 0 Å². The second-order valence-electron chi connectivity index (χ2n) is 5.20. The van der Waals surface area contributed by atoms with Crippen LogP contribution >= 0.6 is 0 Å². The maximum Gasteiger partial charge on any atom is 0.391 e. The van der Waals surface area contributed by atoms with Gasteiger partial charge in [-0.15, -0.1) is 0 Å². The van der Waals surface area contributed by atoms with Gasteiger partial charge in [-0.1, -0.05) is 13.3 Å². The minimum atomic E-state index is -4.01. The summed E-state index contributed by atoms with van der Waals surface area (Å²) in [7, 11) is 1.66. The van der Waals surface area contributed by atoms with Gasteiger partial charge in [0.05, 0.1) is 12.5 Å². The van der Waals surface area contributed by atoms with Gasteiger partial charge in [0.1, 0.15) is 0 Å². The Labute approximate surface area is 107 Å². The summed E-state index contributed by atoms with van der Waals surface area (Å²) >= 11 is 0. The highest BCUT2D eigenvalue weighted by Crippen LogP contribution is 2.37. The molecule has 0 aromatic rings. The first kappa shape index (κ1) is 15.8. The molecule has 0 amide bonds. The first-order valence-electron chi connectivity index (χ1n) is 6.79. The molecule has 2 nitrogen and oxygen atoms in total. The molecule has 1 atom stereocenters. The van der Waals surface area contributed by atoms with Gasteiger partial charge in [0.25, 0.3) is 0 Å². The number of alkyl halides is 3. The Bertz CT molecular complexity index is 219. The maximum atomic E-state index is 12.5. The fraction of sp³-hybridized carbons (Fsp3) is 1.00. The van der Waals surface area contributed by atoms with Gasteiger partial charge in [0.2, 0.25) is 0 Å². The largest absolute Gasteiger partial charge is 0.391 e. The van der Waals surface area contributed by atoms with Crippen molar-refractivity contribution in [1.29, 1.82) is 0 Å². The van der Waals surface area contributed by atoms with E-state index in [-0.39, 0.29) is 24.9 Å². The van der Waals surface area contributed by atoms with Crippen molar-refractivity contribution in [1.82, 2.24) is 5.32 Å². The summed E-state index contributed by atoms with van der Waals surface area (Å²) < 4.78 is 42.7. The number of rotatable bonds is 6. The van der Waals surface area contributed by atoms with Crippen molar-refractivity contribution in [2.75, 3.05) is 13.7 Å². The minimum absolute atomic E-state index is 0.218. The summed E-state index contributed by atoms with van der Waals surface area (Å²) in [5, 5.41) is 3.44. The van der Waals surface area contributed by atoms with Gasteiger partial charge >= 0.3 is 6.18 Å². The Morgan fingerprint density at radius 2 is 1.83 bits per heavy atom. The fourth-order valence-electron chi connectivity index (χ4n) is 2.69. The minimum Gasteiger partial charge on any atom is -0.383 e. The van der Waals surface area contributed by atoms with E-state index in [4.69, 9.17) is 4.74 Å². The molecule has 0 saturated heterocycles.